The first-order chi connectivity index (χ1) is 9.36. The largest absolute Gasteiger partial charge is 0.383 e. The summed E-state index contributed by atoms with van der Waals surface area (Å²) in [6.07, 6.45) is 8.71. The van der Waals surface area contributed by atoms with Gasteiger partial charge in [0.1, 0.15) is 0 Å². The highest BCUT2D eigenvalue weighted by atomic mass is 16.5. The summed E-state index contributed by atoms with van der Waals surface area (Å²) in [5, 5.41) is 3.48. The Morgan fingerprint density at radius 1 is 1.11 bits per heavy atom. The molecule has 3 heteroatoms. The van der Waals surface area contributed by atoms with E-state index in [1.54, 1.807) is 0 Å². The maximum atomic E-state index is 5.35. The highest BCUT2D eigenvalue weighted by Crippen LogP contribution is 2.46. The average Bonchev–Trinajstić information content (AvgIpc) is 3.07. The van der Waals surface area contributed by atoms with Crippen molar-refractivity contribution in [2.45, 2.75) is 44.6 Å². The zero-order valence-electron chi connectivity index (χ0n) is 12.4. The minimum atomic E-state index is 0.879. The van der Waals surface area contributed by atoms with E-state index in [1.165, 1.54) is 58.2 Å². The topological polar surface area (TPSA) is 24.5 Å². The fraction of sp³-hybridized carbons (Fsp3) is 1.00. The van der Waals surface area contributed by atoms with Crippen molar-refractivity contribution in [1.82, 2.24) is 10.2 Å². The van der Waals surface area contributed by atoms with Gasteiger partial charge in [0.05, 0.1) is 6.61 Å². The summed E-state index contributed by atoms with van der Waals surface area (Å²) in [4.78, 5) is 2.79. The number of methoxy groups -OCH3 is 1. The third kappa shape index (κ3) is 3.32. The smallest absolute Gasteiger partial charge is 0.0589 e. The van der Waals surface area contributed by atoms with Crippen molar-refractivity contribution >= 4 is 0 Å². The number of ether oxygens (including phenoxy) is 1. The molecule has 0 spiro atoms. The van der Waals surface area contributed by atoms with Crippen molar-refractivity contribution in [1.29, 1.82) is 0 Å². The molecule has 3 atom stereocenters. The van der Waals surface area contributed by atoms with Gasteiger partial charge in [-0.05, 0) is 62.9 Å². The molecule has 3 nitrogen and oxygen atoms in total. The normalized spacial score (nSPS) is 35.4. The van der Waals surface area contributed by atoms with E-state index in [0.29, 0.717) is 0 Å². The summed E-state index contributed by atoms with van der Waals surface area (Å²) >= 11 is 0. The van der Waals surface area contributed by atoms with Crippen LogP contribution in [0.3, 0.4) is 0 Å². The van der Waals surface area contributed by atoms with Crippen LogP contribution >= 0.6 is 0 Å². The van der Waals surface area contributed by atoms with Gasteiger partial charge in [-0.3, -0.25) is 4.90 Å². The van der Waals surface area contributed by atoms with E-state index in [1.807, 2.05) is 7.11 Å². The summed E-state index contributed by atoms with van der Waals surface area (Å²) in [6, 6.07) is 0.879. The molecule has 0 aromatic rings. The van der Waals surface area contributed by atoms with Crippen LogP contribution in [0, 0.1) is 17.8 Å². The Morgan fingerprint density at radius 3 is 2.58 bits per heavy atom. The molecule has 2 aliphatic carbocycles. The maximum absolute atomic E-state index is 5.35. The summed E-state index contributed by atoms with van der Waals surface area (Å²) in [5.74, 6) is 2.97. The predicted octanol–water partition coefficient (Wildman–Crippen LogP) is 2.12. The van der Waals surface area contributed by atoms with E-state index < -0.39 is 0 Å². The monoisotopic (exact) mass is 266 g/mol. The fourth-order valence-corrected chi connectivity index (χ4v) is 4.66. The van der Waals surface area contributed by atoms with Crippen molar-refractivity contribution in [3.63, 3.8) is 0 Å². The fourth-order valence-electron chi connectivity index (χ4n) is 4.66. The third-order valence-corrected chi connectivity index (χ3v) is 5.70. The van der Waals surface area contributed by atoms with Crippen molar-refractivity contribution in [2.75, 3.05) is 39.9 Å². The SMILES string of the molecule is COCCN(CC1CCNCC1)C1CC2CCC1C2. The van der Waals surface area contributed by atoms with Gasteiger partial charge >= 0.3 is 0 Å². The van der Waals surface area contributed by atoms with Crippen LogP contribution in [0.2, 0.25) is 0 Å². The van der Waals surface area contributed by atoms with E-state index in [2.05, 4.69) is 10.2 Å². The Balaban J connectivity index is 1.56. The van der Waals surface area contributed by atoms with Crippen LogP contribution in [0.1, 0.15) is 38.5 Å². The Kier molecular flexibility index (Phi) is 4.78. The molecule has 3 fully saturated rings. The van der Waals surface area contributed by atoms with Crippen LogP contribution < -0.4 is 5.32 Å². The van der Waals surface area contributed by atoms with Crippen molar-refractivity contribution in [3.05, 3.63) is 0 Å². The quantitative estimate of drug-likeness (QED) is 0.797. The molecule has 110 valence electrons. The van der Waals surface area contributed by atoms with Crippen molar-refractivity contribution in [2.24, 2.45) is 17.8 Å². The van der Waals surface area contributed by atoms with Gasteiger partial charge in [0.2, 0.25) is 0 Å². The lowest BCUT2D eigenvalue weighted by atomic mass is 9.91. The molecule has 3 rings (SSSR count). The molecule has 3 unspecified atom stereocenters. The number of nitrogens with zero attached hydrogens (tertiary/aromatic N) is 1. The molecule has 1 saturated heterocycles. The third-order valence-electron chi connectivity index (χ3n) is 5.70. The van der Waals surface area contributed by atoms with Gasteiger partial charge in [-0.25, -0.2) is 0 Å². The Bertz CT molecular complexity index is 278. The molecule has 3 aliphatic rings. The maximum Gasteiger partial charge on any atom is 0.0589 e. The number of hydrogen-bond acceptors (Lipinski definition) is 3. The second-order valence-electron chi connectivity index (χ2n) is 6.92. The zero-order chi connectivity index (χ0) is 13.1. The highest BCUT2D eigenvalue weighted by molar-refractivity contribution is 4.96. The number of piperidine rings is 1. The first-order valence-corrected chi connectivity index (χ1v) is 8.30. The van der Waals surface area contributed by atoms with Crippen molar-refractivity contribution in [3.8, 4) is 0 Å². The van der Waals surface area contributed by atoms with Gasteiger partial charge in [0, 0.05) is 26.2 Å². The minimum absolute atomic E-state index is 0.879. The van der Waals surface area contributed by atoms with E-state index >= 15 is 0 Å². The summed E-state index contributed by atoms with van der Waals surface area (Å²) < 4.78 is 5.35. The van der Waals surface area contributed by atoms with Crippen LogP contribution in [0.25, 0.3) is 0 Å². The van der Waals surface area contributed by atoms with E-state index in [0.717, 1.165) is 36.9 Å². The van der Waals surface area contributed by atoms with Crippen LogP contribution in [0.5, 0.6) is 0 Å². The molecule has 2 bridgehead atoms. The van der Waals surface area contributed by atoms with E-state index in [-0.39, 0.29) is 0 Å². The second-order valence-corrected chi connectivity index (χ2v) is 6.92. The summed E-state index contributed by atoms with van der Waals surface area (Å²) in [5.41, 5.74) is 0. The van der Waals surface area contributed by atoms with Crippen LogP contribution in [-0.4, -0.2) is 50.8 Å². The Morgan fingerprint density at radius 2 is 1.95 bits per heavy atom. The Hall–Kier alpha value is -0.120. The molecular weight excluding hydrogens is 236 g/mol. The molecule has 2 saturated carbocycles. The summed E-state index contributed by atoms with van der Waals surface area (Å²) in [7, 11) is 1.84. The van der Waals surface area contributed by atoms with Gasteiger partial charge in [0.25, 0.3) is 0 Å². The first-order valence-electron chi connectivity index (χ1n) is 8.30. The number of fused-ring (bicyclic) bond motifs is 2. The molecule has 19 heavy (non-hydrogen) atoms. The van der Waals surface area contributed by atoms with Gasteiger partial charge < -0.3 is 10.1 Å². The first kappa shape index (κ1) is 13.8. The molecule has 0 aromatic heterocycles. The average molecular weight is 266 g/mol. The molecule has 1 aliphatic heterocycles. The molecule has 0 aromatic carbocycles. The van der Waals surface area contributed by atoms with Crippen molar-refractivity contribution < 1.29 is 4.74 Å². The molecule has 0 radical (unpaired) electrons. The minimum Gasteiger partial charge on any atom is -0.383 e. The lowest BCUT2D eigenvalue weighted by Gasteiger charge is -2.37. The molecule has 1 heterocycles. The second kappa shape index (κ2) is 6.55. The number of hydrogen-bond donors (Lipinski definition) is 1. The zero-order valence-corrected chi connectivity index (χ0v) is 12.4. The van der Waals surface area contributed by atoms with Gasteiger partial charge in [-0.1, -0.05) is 6.42 Å². The number of nitrogens with one attached hydrogen (secondary N) is 1. The van der Waals surface area contributed by atoms with Crippen LogP contribution in [0.4, 0.5) is 0 Å². The standard InChI is InChI=1S/C16H30N2O/c1-19-9-8-18(12-13-4-6-17-7-5-13)16-11-14-2-3-15(16)10-14/h13-17H,2-12H2,1H3. The van der Waals surface area contributed by atoms with E-state index in [9.17, 15) is 0 Å². The van der Waals surface area contributed by atoms with Gasteiger partial charge in [0.15, 0.2) is 0 Å². The lowest BCUT2D eigenvalue weighted by molar-refractivity contribution is 0.0757. The summed E-state index contributed by atoms with van der Waals surface area (Å²) in [6.45, 7) is 5.81. The van der Waals surface area contributed by atoms with E-state index in [4.69, 9.17) is 4.74 Å². The van der Waals surface area contributed by atoms with Crippen LogP contribution in [0.15, 0.2) is 0 Å². The number of rotatable bonds is 6. The molecular formula is C16H30N2O. The molecule has 0 amide bonds. The van der Waals surface area contributed by atoms with Gasteiger partial charge in [-0.15, -0.1) is 0 Å². The predicted molar refractivity (Wildman–Crippen MR) is 78.3 cm³/mol. The Labute approximate surface area is 118 Å². The lowest BCUT2D eigenvalue weighted by Crippen LogP contribution is -2.45. The van der Waals surface area contributed by atoms with Gasteiger partial charge in [-0.2, -0.15) is 0 Å². The van der Waals surface area contributed by atoms with Crippen LogP contribution in [-0.2, 0) is 4.74 Å². The highest BCUT2D eigenvalue weighted by Gasteiger charge is 2.42. The molecule has 1 N–H and O–H groups in total.